The Balaban J connectivity index is 2.29. The molecule has 1 heterocycles. The van der Waals surface area contributed by atoms with Crippen molar-refractivity contribution in [1.82, 2.24) is 15.0 Å². The third-order valence-corrected chi connectivity index (χ3v) is 4.59. The van der Waals surface area contributed by atoms with Crippen molar-refractivity contribution in [3.05, 3.63) is 40.6 Å². The van der Waals surface area contributed by atoms with Gasteiger partial charge in [0.2, 0.25) is 10.0 Å². The van der Waals surface area contributed by atoms with Crippen molar-refractivity contribution in [2.75, 3.05) is 24.7 Å². The minimum Gasteiger partial charge on any atom is -0.465 e. The Morgan fingerprint density at radius 1 is 1.36 bits per heavy atom. The summed E-state index contributed by atoms with van der Waals surface area (Å²) in [5.74, 6) is 0. The quantitative estimate of drug-likeness (QED) is 0.260. The second-order valence-electron chi connectivity index (χ2n) is 6.13. The standard InChI is InChI=1S/C16H21N5O6S/c1-28(26,27)19-9-11(5-4-8-17-16(22)23)20-15-12-6-2-3-7-13(12)18-10-14(15)21(24)25/h2-3,6-7,10-11,17,19H,4-5,8-9H2,1H3,(H,18,20)(H,22,23). The number of nitro groups is 1. The van der Waals surface area contributed by atoms with Crippen LogP contribution in [0.5, 0.6) is 0 Å². The van der Waals surface area contributed by atoms with E-state index in [1.54, 1.807) is 24.3 Å². The molecule has 0 aliphatic rings. The SMILES string of the molecule is CS(=O)(=O)NCC(CCCNC(=O)O)Nc1c([N+](=O)[O-])cnc2ccccc12. The predicted octanol–water partition coefficient (Wildman–Crippen LogP) is 1.52. The van der Waals surface area contributed by atoms with Gasteiger partial charge in [0.1, 0.15) is 11.9 Å². The summed E-state index contributed by atoms with van der Waals surface area (Å²) in [7, 11) is -3.47. The number of pyridine rings is 1. The van der Waals surface area contributed by atoms with E-state index in [1.807, 2.05) is 0 Å². The number of benzene rings is 1. The number of hydrogen-bond donors (Lipinski definition) is 4. The second-order valence-corrected chi connectivity index (χ2v) is 7.96. The lowest BCUT2D eigenvalue weighted by Gasteiger charge is -2.21. The van der Waals surface area contributed by atoms with Gasteiger partial charge in [-0.3, -0.25) is 10.1 Å². The van der Waals surface area contributed by atoms with E-state index in [-0.39, 0.29) is 24.5 Å². The summed E-state index contributed by atoms with van der Waals surface area (Å²) >= 11 is 0. The van der Waals surface area contributed by atoms with Gasteiger partial charge in [-0.25, -0.2) is 22.9 Å². The average molecular weight is 411 g/mol. The van der Waals surface area contributed by atoms with E-state index in [2.05, 4.69) is 20.3 Å². The maximum atomic E-state index is 11.4. The number of rotatable bonds is 10. The highest BCUT2D eigenvalue weighted by molar-refractivity contribution is 7.88. The topological polar surface area (TPSA) is 164 Å². The van der Waals surface area contributed by atoms with Crippen molar-refractivity contribution >= 4 is 38.4 Å². The lowest BCUT2D eigenvalue weighted by atomic mass is 10.1. The van der Waals surface area contributed by atoms with Crippen LogP contribution in [0.4, 0.5) is 16.2 Å². The van der Waals surface area contributed by atoms with Gasteiger partial charge in [0.25, 0.3) is 0 Å². The van der Waals surface area contributed by atoms with Gasteiger partial charge in [0.15, 0.2) is 0 Å². The van der Waals surface area contributed by atoms with E-state index in [1.165, 1.54) is 0 Å². The fraction of sp³-hybridized carbons (Fsp3) is 0.375. The fourth-order valence-electron chi connectivity index (χ4n) is 2.65. The molecule has 0 aliphatic heterocycles. The van der Waals surface area contributed by atoms with Crippen molar-refractivity contribution in [3.63, 3.8) is 0 Å². The van der Waals surface area contributed by atoms with Crippen molar-refractivity contribution in [1.29, 1.82) is 0 Å². The largest absolute Gasteiger partial charge is 0.465 e. The molecule has 28 heavy (non-hydrogen) atoms. The number of fused-ring (bicyclic) bond motifs is 1. The molecule has 0 bridgehead atoms. The summed E-state index contributed by atoms with van der Waals surface area (Å²) in [5, 5.41) is 25.9. The summed E-state index contributed by atoms with van der Waals surface area (Å²) in [5.41, 5.74) is 0.562. The van der Waals surface area contributed by atoms with E-state index in [4.69, 9.17) is 5.11 Å². The molecule has 1 unspecified atom stereocenters. The Hall–Kier alpha value is -2.99. The molecule has 0 saturated carbocycles. The van der Waals surface area contributed by atoms with E-state index in [0.29, 0.717) is 23.7 Å². The maximum absolute atomic E-state index is 11.4. The molecular formula is C16H21N5O6S. The monoisotopic (exact) mass is 411 g/mol. The van der Waals surface area contributed by atoms with Crippen LogP contribution in [0.3, 0.4) is 0 Å². The number of nitrogens with one attached hydrogen (secondary N) is 3. The van der Waals surface area contributed by atoms with Crippen LogP contribution in [0, 0.1) is 10.1 Å². The Morgan fingerprint density at radius 3 is 2.71 bits per heavy atom. The maximum Gasteiger partial charge on any atom is 0.404 e. The first-order chi connectivity index (χ1) is 13.2. The predicted molar refractivity (Wildman–Crippen MR) is 104 cm³/mol. The van der Waals surface area contributed by atoms with Gasteiger partial charge in [-0.05, 0) is 18.9 Å². The third kappa shape index (κ3) is 6.32. The highest BCUT2D eigenvalue weighted by Gasteiger charge is 2.21. The van der Waals surface area contributed by atoms with Crippen molar-refractivity contribution in [2.24, 2.45) is 0 Å². The van der Waals surface area contributed by atoms with Crippen molar-refractivity contribution in [2.45, 2.75) is 18.9 Å². The van der Waals surface area contributed by atoms with Crippen LogP contribution < -0.4 is 15.4 Å². The summed E-state index contributed by atoms with van der Waals surface area (Å²) < 4.78 is 25.3. The molecule has 0 spiro atoms. The number of carboxylic acid groups (broad SMARTS) is 1. The molecule has 0 fully saturated rings. The van der Waals surface area contributed by atoms with Gasteiger partial charge >= 0.3 is 11.8 Å². The summed E-state index contributed by atoms with van der Waals surface area (Å²) in [6.07, 6.45) is 1.79. The molecule has 0 aliphatic carbocycles. The summed E-state index contributed by atoms with van der Waals surface area (Å²) in [6.45, 7) is 0.158. The van der Waals surface area contributed by atoms with E-state index < -0.39 is 27.1 Å². The smallest absolute Gasteiger partial charge is 0.404 e. The molecule has 1 atom stereocenters. The third-order valence-electron chi connectivity index (χ3n) is 3.90. The number of anilines is 1. The zero-order chi connectivity index (χ0) is 20.7. The second kappa shape index (κ2) is 9.28. The van der Waals surface area contributed by atoms with Gasteiger partial charge < -0.3 is 15.7 Å². The lowest BCUT2D eigenvalue weighted by molar-refractivity contribution is -0.384. The van der Waals surface area contributed by atoms with Crippen LogP contribution >= 0.6 is 0 Å². The molecule has 11 nitrogen and oxygen atoms in total. The highest BCUT2D eigenvalue weighted by Crippen LogP contribution is 2.32. The van der Waals surface area contributed by atoms with Gasteiger partial charge in [-0.15, -0.1) is 0 Å². The first-order valence-electron chi connectivity index (χ1n) is 8.37. The molecule has 1 amide bonds. The molecule has 2 rings (SSSR count). The number of nitrogens with zero attached hydrogens (tertiary/aromatic N) is 2. The Bertz CT molecular complexity index is 965. The number of carbonyl (C=O) groups is 1. The Morgan fingerprint density at radius 2 is 2.07 bits per heavy atom. The molecule has 0 radical (unpaired) electrons. The fourth-order valence-corrected chi connectivity index (χ4v) is 3.15. The van der Waals surface area contributed by atoms with Crippen LogP contribution in [0.25, 0.3) is 10.9 Å². The number of aromatic nitrogens is 1. The minimum absolute atomic E-state index is 0.0142. The van der Waals surface area contributed by atoms with Crippen molar-refractivity contribution in [3.8, 4) is 0 Å². The van der Waals surface area contributed by atoms with Crippen LogP contribution in [-0.2, 0) is 10.0 Å². The van der Waals surface area contributed by atoms with Gasteiger partial charge in [-0.2, -0.15) is 0 Å². The molecule has 0 saturated heterocycles. The normalized spacial score (nSPS) is 12.5. The Kier molecular flexibility index (Phi) is 7.06. The molecule has 152 valence electrons. The van der Waals surface area contributed by atoms with Crippen LogP contribution in [0.15, 0.2) is 30.5 Å². The molecule has 1 aromatic carbocycles. The Labute approximate surface area is 161 Å². The average Bonchev–Trinajstić information content (AvgIpc) is 2.61. The lowest BCUT2D eigenvalue weighted by Crippen LogP contribution is -2.36. The molecule has 1 aromatic heterocycles. The molecule has 12 heteroatoms. The van der Waals surface area contributed by atoms with E-state index in [0.717, 1.165) is 12.5 Å². The first kappa shape index (κ1) is 21.3. The molecule has 2 aromatic rings. The minimum atomic E-state index is -3.47. The van der Waals surface area contributed by atoms with Crippen molar-refractivity contribution < 1.29 is 23.2 Å². The number of hydrogen-bond acceptors (Lipinski definition) is 7. The molecular weight excluding hydrogens is 390 g/mol. The molecule has 4 N–H and O–H groups in total. The van der Waals surface area contributed by atoms with Crippen LogP contribution in [0.2, 0.25) is 0 Å². The highest BCUT2D eigenvalue weighted by atomic mass is 32.2. The zero-order valence-corrected chi connectivity index (χ0v) is 15.9. The van der Waals surface area contributed by atoms with Gasteiger partial charge in [0.05, 0.1) is 16.7 Å². The van der Waals surface area contributed by atoms with Gasteiger partial charge in [-0.1, -0.05) is 18.2 Å². The number of amides is 1. The van der Waals surface area contributed by atoms with Crippen LogP contribution in [0.1, 0.15) is 12.8 Å². The van der Waals surface area contributed by atoms with E-state index >= 15 is 0 Å². The summed E-state index contributed by atoms with van der Waals surface area (Å²) in [4.78, 5) is 25.5. The van der Waals surface area contributed by atoms with E-state index in [9.17, 15) is 23.3 Å². The number of para-hydroxylation sites is 1. The number of sulfonamides is 1. The van der Waals surface area contributed by atoms with Crippen LogP contribution in [-0.4, -0.2) is 54.9 Å². The summed E-state index contributed by atoms with van der Waals surface area (Å²) in [6, 6.07) is 6.37. The van der Waals surface area contributed by atoms with Gasteiger partial charge in [0, 0.05) is 24.5 Å². The first-order valence-corrected chi connectivity index (χ1v) is 10.3. The zero-order valence-electron chi connectivity index (χ0n) is 15.1.